The zero-order chi connectivity index (χ0) is 12.7. The van der Waals surface area contributed by atoms with Gasteiger partial charge in [0.2, 0.25) is 0 Å². The van der Waals surface area contributed by atoms with Crippen LogP contribution >= 0.6 is 0 Å². The van der Waals surface area contributed by atoms with Gasteiger partial charge in [-0.3, -0.25) is 0 Å². The lowest BCUT2D eigenvalue weighted by Gasteiger charge is -2.22. The van der Waals surface area contributed by atoms with Gasteiger partial charge < -0.3 is 10.4 Å². The summed E-state index contributed by atoms with van der Waals surface area (Å²) in [6.45, 7) is 7.30. The molecular weight excluding hydrogens is 210 g/mol. The molecule has 0 saturated heterocycles. The van der Waals surface area contributed by atoms with Crippen LogP contribution in [0.5, 0.6) is 0 Å². The Kier molecular flexibility index (Phi) is 7.14. The quantitative estimate of drug-likeness (QED) is 0.699. The van der Waals surface area contributed by atoms with Crippen LogP contribution in [0.2, 0.25) is 0 Å². The fraction of sp³-hybridized carbons (Fsp3) is 1.00. The third-order valence-corrected chi connectivity index (χ3v) is 4.27. The lowest BCUT2D eigenvalue weighted by atomic mass is 9.89. The fourth-order valence-electron chi connectivity index (χ4n) is 3.05. The number of hydrogen-bond acceptors (Lipinski definition) is 2. The molecule has 1 rings (SSSR count). The largest absolute Gasteiger partial charge is 0.396 e. The predicted octanol–water partition coefficient (Wildman–Crippen LogP) is 3.34. The lowest BCUT2D eigenvalue weighted by molar-refractivity contribution is 0.271. The average molecular weight is 241 g/mol. The lowest BCUT2D eigenvalue weighted by Crippen LogP contribution is -2.36. The highest BCUT2D eigenvalue weighted by Gasteiger charge is 2.21. The standard InChI is InChI=1S/C15H31NO/c1-12(2)14-7-4-8-15(10-9-14)16-13(3)6-5-11-17/h12-17H,4-11H2,1-3H3. The Hall–Kier alpha value is -0.0800. The van der Waals surface area contributed by atoms with Gasteiger partial charge in [-0.1, -0.05) is 26.7 Å². The van der Waals surface area contributed by atoms with Crippen molar-refractivity contribution in [3.8, 4) is 0 Å². The summed E-state index contributed by atoms with van der Waals surface area (Å²) in [5, 5.41) is 12.6. The Morgan fingerprint density at radius 3 is 2.53 bits per heavy atom. The maximum absolute atomic E-state index is 8.83. The van der Waals surface area contributed by atoms with Crippen molar-refractivity contribution in [1.82, 2.24) is 5.32 Å². The molecule has 2 N–H and O–H groups in total. The first kappa shape index (κ1) is 15.0. The number of rotatable bonds is 6. The monoisotopic (exact) mass is 241 g/mol. The van der Waals surface area contributed by atoms with Crippen LogP contribution in [-0.2, 0) is 0 Å². The first-order valence-electron chi connectivity index (χ1n) is 7.50. The molecule has 0 heterocycles. The van der Waals surface area contributed by atoms with Gasteiger partial charge in [0.25, 0.3) is 0 Å². The zero-order valence-electron chi connectivity index (χ0n) is 11.9. The average Bonchev–Trinajstić information content (AvgIpc) is 2.52. The van der Waals surface area contributed by atoms with Crippen LogP contribution in [0.3, 0.4) is 0 Å². The number of aliphatic hydroxyl groups is 1. The van der Waals surface area contributed by atoms with E-state index in [9.17, 15) is 0 Å². The van der Waals surface area contributed by atoms with E-state index >= 15 is 0 Å². The smallest absolute Gasteiger partial charge is 0.0431 e. The van der Waals surface area contributed by atoms with Gasteiger partial charge in [-0.15, -0.1) is 0 Å². The summed E-state index contributed by atoms with van der Waals surface area (Å²) in [6, 6.07) is 1.27. The minimum atomic E-state index is 0.326. The molecule has 0 aromatic rings. The Labute approximate surface area is 107 Å². The summed E-state index contributed by atoms with van der Waals surface area (Å²) in [5.74, 6) is 1.79. The van der Waals surface area contributed by atoms with Gasteiger partial charge in [-0.2, -0.15) is 0 Å². The molecule has 3 unspecified atom stereocenters. The second kappa shape index (κ2) is 8.10. The van der Waals surface area contributed by atoms with Gasteiger partial charge >= 0.3 is 0 Å². The summed E-state index contributed by atoms with van der Waals surface area (Å²) in [7, 11) is 0. The van der Waals surface area contributed by atoms with Crippen LogP contribution in [0.15, 0.2) is 0 Å². The van der Waals surface area contributed by atoms with Crippen LogP contribution in [0.4, 0.5) is 0 Å². The number of nitrogens with one attached hydrogen (secondary N) is 1. The molecule has 0 aromatic carbocycles. The van der Waals surface area contributed by atoms with Crippen LogP contribution in [0, 0.1) is 11.8 Å². The van der Waals surface area contributed by atoms with E-state index in [1.165, 1.54) is 32.1 Å². The molecule has 2 nitrogen and oxygen atoms in total. The van der Waals surface area contributed by atoms with Crippen molar-refractivity contribution in [2.75, 3.05) is 6.61 Å². The Morgan fingerprint density at radius 1 is 1.12 bits per heavy atom. The topological polar surface area (TPSA) is 32.3 Å². The van der Waals surface area contributed by atoms with E-state index in [1.54, 1.807) is 0 Å². The highest BCUT2D eigenvalue weighted by Crippen LogP contribution is 2.29. The van der Waals surface area contributed by atoms with Gasteiger partial charge in [-0.05, 0) is 50.9 Å². The van der Waals surface area contributed by atoms with E-state index in [2.05, 4.69) is 26.1 Å². The van der Waals surface area contributed by atoms with Crippen molar-refractivity contribution in [2.45, 2.75) is 77.8 Å². The van der Waals surface area contributed by atoms with Crippen LogP contribution in [0.25, 0.3) is 0 Å². The molecule has 0 bridgehead atoms. The molecule has 0 spiro atoms. The SMILES string of the molecule is CC(CCCO)NC1CCCC(C(C)C)CC1. The van der Waals surface area contributed by atoms with Crippen LogP contribution in [0.1, 0.15) is 65.7 Å². The van der Waals surface area contributed by atoms with Gasteiger partial charge in [0, 0.05) is 18.7 Å². The van der Waals surface area contributed by atoms with Crippen molar-refractivity contribution in [1.29, 1.82) is 0 Å². The van der Waals surface area contributed by atoms with E-state index < -0.39 is 0 Å². The first-order valence-corrected chi connectivity index (χ1v) is 7.50. The molecule has 1 fully saturated rings. The molecule has 2 heteroatoms. The summed E-state index contributed by atoms with van der Waals surface area (Å²) in [4.78, 5) is 0. The van der Waals surface area contributed by atoms with E-state index in [4.69, 9.17) is 5.11 Å². The molecule has 0 aromatic heterocycles. The van der Waals surface area contributed by atoms with Crippen molar-refractivity contribution in [3.05, 3.63) is 0 Å². The maximum Gasteiger partial charge on any atom is 0.0431 e. The van der Waals surface area contributed by atoms with Crippen molar-refractivity contribution in [3.63, 3.8) is 0 Å². The van der Waals surface area contributed by atoms with Gasteiger partial charge in [0.1, 0.15) is 0 Å². The second-order valence-corrected chi connectivity index (χ2v) is 6.14. The summed E-state index contributed by atoms with van der Waals surface area (Å²) >= 11 is 0. The molecule has 0 radical (unpaired) electrons. The van der Waals surface area contributed by atoms with Gasteiger partial charge in [-0.25, -0.2) is 0 Å². The molecule has 3 atom stereocenters. The molecule has 102 valence electrons. The maximum atomic E-state index is 8.83. The van der Waals surface area contributed by atoms with E-state index in [-0.39, 0.29) is 0 Å². The van der Waals surface area contributed by atoms with E-state index in [1.807, 2.05) is 0 Å². The van der Waals surface area contributed by atoms with E-state index in [0.717, 1.165) is 24.7 Å². The van der Waals surface area contributed by atoms with Gasteiger partial charge in [0.05, 0.1) is 0 Å². The molecule has 1 saturated carbocycles. The summed E-state index contributed by atoms with van der Waals surface area (Å²) in [5.41, 5.74) is 0. The van der Waals surface area contributed by atoms with Gasteiger partial charge in [0.15, 0.2) is 0 Å². The highest BCUT2D eigenvalue weighted by molar-refractivity contribution is 4.78. The second-order valence-electron chi connectivity index (χ2n) is 6.14. The third-order valence-electron chi connectivity index (χ3n) is 4.27. The Balaban J connectivity index is 2.26. The Bertz CT molecular complexity index is 193. The summed E-state index contributed by atoms with van der Waals surface area (Å²) in [6.07, 6.45) is 8.89. The summed E-state index contributed by atoms with van der Waals surface area (Å²) < 4.78 is 0. The third kappa shape index (κ3) is 5.87. The molecular formula is C15H31NO. The van der Waals surface area contributed by atoms with Crippen LogP contribution in [-0.4, -0.2) is 23.8 Å². The first-order chi connectivity index (χ1) is 8.13. The number of hydrogen-bond donors (Lipinski definition) is 2. The molecule has 1 aliphatic rings. The van der Waals surface area contributed by atoms with Crippen molar-refractivity contribution < 1.29 is 5.11 Å². The number of aliphatic hydroxyl groups excluding tert-OH is 1. The minimum Gasteiger partial charge on any atom is -0.396 e. The molecule has 1 aliphatic carbocycles. The predicted molar refractivity (Wildman–Crippen MR) is 74.1 cm³/mol. The molecule has 0 aliphatic heterocycles. The normalized spacial score (nSPS) is 28.1. The van der Waals surface area contributed by atoms with E-state index in [0.29, 0.717) is 18.7 Å². The zero-order valence-corrected chi connectivity index (χ0v) is 11.9. The highest BCUT2D eigenvalue weighted by atomic mass is 16.2. The van der Waals surface area contributed by atoms with Crippen molar-refractivity contribution >= 4 is 0 Å². The molecule has 0 amide bonds. The van der Waals surface area contributed by atoms with Crippen molar-refractivity contribution in [2.24, 2.45) is 11.8 Å². The minimum absolute atomic E-state index is 0.326. The fourth-order valence-corrected chi connectivity index (χ4v) is 3.05. The molecule has 17 heavy (non-hydrogen) atoms. The van der Waals surface area contributed by atoms with Crippen LogP contribution < -0.4 is 5.32 Å². The Morgan fingerprint density at radius 2 is 1.88 bits per heavy atom.